The van der Waals surface area contributed by atoms with E-state index in [4.69, 9.17) is 11.6 Å². The monoisotopic (exact) mass is 453 g/mol. The van der Waals surface area contributed by atoms with E-state index in [1.807, 2.05) is 19.1 Å². The van der Waals surface area contributed by atoms with Gasteiger partial charge in [-0.25, -0.2) is 0 Å². The summed E-state index contributed by atoms with van der Waals surface area (Å²) >= 11 is 6.02. The fourth-order valence-electron chi connectivity index (χ4n) is 4.46. The maximum atomic E-state index is 12.8. The van der Waals surface area contributed by atoms with Crippen molar-refractivity contribution in [2.24, 2.45) is 5.92 Å². The zero-order chi connectivity index (χ0) is 22.9. The first-order valence-electron chi connectivity index (χ1n) is 10.6. The molecule has 4 rings (SSSR count). The molecule has 0 aromatic heterocycles. The smallest absolute Gasteiger partial charge is 0.237 e. The van der Waals surface area contributed by atoms with Crippen LogP contribution < -0.4 is 15.5 Å². The van der Waals surface area contributed by atoms with E-state index in [0.717, 1.165) is 5.56 Å². The van der Waals surface area contributed by atoms with Gasteiger partial charge in [-0.1, -0.05) is 36.7 Å². The zero-order valence-corrected chi connectivity index (χ0v) is 18.4. The van der Waals surface area contributed by atoms with Gasteiger partial charge < -0.3 is 10.2 Å². The van der Waals surface area contributed by atoms with Crippen LogP contribution >= 0.6 is 11.6 Å². The van der Waals surface area contributed by atoms with Gasteiger partial charge >= 0.3 is 0 Å². The molecule has 2 atom stereocenters. The number of hydrogen-bond donors (Lipinski definition) is 2. The van der Waals surface area contributed by atoms with Crippen LogP contribution in [0.4, 0.5) is 11.4 Å². The van der Waals surface area contributed by atoms with Crippen LogP contribution in [0.2, 0.25) is 5.02 Å². The minimum absolute atomic E-state index is 0.120. The molecular weight excluding hydrogens is 430 g/mol. The van der Waals surface area contributed by atoms with Crippen LogP contribution in [-0.4, -0.2) is 30.2 Å². The molecule has 2 aromatic rings. The molecule has 0 spiro atoms. The standard InChI is InChI=1S/C24H24ClN3O4/c1-2-24(11-10-20(29)27-23(24)32)16-6-8-18(9-7-16)26-22(31)15-12-21(30)28(14-15)19-5-3-4-17(25)13-19/h3-9,13,15H,2,10-12,14H2,1H3,(H,26,31)(H,27,29,32). The fourth-order valence-corrected chi connectivity index (χ4v) is 4.64. The van der Waals surface area contributed by atoms with Crippen LogP contribution in [0.3, 0.4) is 0 Å². The Hall–Kier alpha value is -3.19. The van der Waals surface area contributed by atoms with Crippen LogP contribution in [-0.2, 0) is 24.6 Å². The Kier molecular flexibility index (Phi) is 6.02. The molecule has 0 bridgehead atoms. The molecule has 0 saturated carbocycles. The molecule has 2 aliphatic rings. The van der Waals surface area contributed by atoms with E-state index in [-0.39, 0.29) is 36.6 Å². The summed E-state index contributed by atoms with van der Waals surface area (Å²) in [7, 11) is 0. The van der Waals surface area contributed by atoms with E-state index in [1.165, 1.54) is 0 Å². The van der Waals surface area contributed by atoms with Crippen LogP contribution in [0, 0.1) is 5.92 Å². The van der Waals surface area contributed by atoms with Gasteiger partial charge in [-0.2, -0.15) is 0 Å². The first-order valence-corrected chi connectivity index (χ1v) is 11.0. The van der Waals surface area contributed by atoms with E-state index in [0.29, 0.717) is 35.7 Å². The molecule has 0 aliphatic carbocycles. The number of benzene rings is 2. The lowest BCUT2D eigenvalue weighted by Gasteiger charge is -2.35. The predicted molar refractivity (Wildman–Crippen MR) is 121 cm³/mol. The van der Waals surface area contributed by atoms with E-state index in [9.17, 15) is 19.2 Å². The van der Waals surface area contributed by atoms with Gasteiger partial charge in [-0.3, -0.25) is 24.5 Å². The molecule has 166 valence electrons. The second-order valence-corrected chi connectivity index (χ2v) is 8.70. The SMILES string of the molecule is CCC1(c2ccc(NC(=O)C3CC(=O)N(c4cccc(Cl)c4)C3)cc2)CCC(=O)NC1=O. The number of nitrogens with zero attached hydrogens (tertiary/aromatic N) is 1. The van der Waals surface area contributed by atoms with Crippen molar-refractivity contribution < 1.29 is 19.2 Å². The van der Waals surface area contributed by atoms with E-state index in [1.54, 1.807) is 41.3 Å². The highest BCUT2D eigenvalue weighted by Gasteiger charge is 2.42. The van der Waals surface area contributed by atoms with Crippen LogP contribution in [0.1, 0.15) is 38.2 Å². The number of amides is 4. The van der Waals surface area contributed by atoms with Crippen molar-refractivity contribution in [3.8, 4) is 0 Å². The van der Waals surface area contributed by atoms with Crippen LogP contribution in [0.5, 0.6) is 0 Å². The molecule has 2 unspecified atom stereocenters. The first kappa shape index (κ1) is 22.0. The molecule has 2 aromatic carbocycles. The number of rotatable bonds is 5. The second kappa shape index (κ2) is 8.74. The Morgan fingerprint density at radius 3 is 2.59 bits per heavy atom. The van der Waals surface area contributed by atoms with Crippen molar-refractivity contribution in [2.45, 2.75) is 38.0 Å². The lowest BCUT2D eigenvalue weighted by atomic mass is 9.72. The number of halogens is 1. The van der Waals surface area contributed by atoms with Crippen molar-refractivity contribution in [1.29, 1.82) is 0 Å². The zero-order valence-electron chi connectivity index (χ0n) is 17.7. The van der Waals surface area contributed by atoms with Crippen molar-refractivity contribution in [3.63, 3.8) is 0 Å². The Balaban J connectivity index is 1.44. The third-order valence-electron chi connectivity index (χ3n) is 6.39. The molecule has 2 saturated heterocycles. The van der Waals surface area contributed by atoms with Crippen molar-refractivity contribution in [1.82, 2.24) is 5.32 Å². The topological polar surface area (TPSA) is 95.6 Å². The van der Waals surface area contributed by atoms with Crippen LogP contribution in [0.25, 0.3) is 0 Å². The normalized spacial score (nSPS) is 23.2. The quantitative estimate of drug-likeness (QED) is 0.678. The maximum absolute atomic E-state index is 12.8. The van der Waals surface area contributed by atoms with Gasteiger partial charge in [0.1, 0.15) is 0 Å². The number of anilines is 2. The molecule has 8 heteroatoms. The second-order valence-electron chi connectivity index (χ2n) is 8.26. The molecule has 32 heavy (non-hydrogen) atoms. The maximum Gasteiger partial charge on any atom is 0.237 e. The van der Waals surface area contributed by atoms with Crippen molar-refractivity contribution >= 4 is 46.6 Å². The largest absolute Gasteiger partial charge is 0.326 e. The minimum Gasteiger partial charge on any atom is -0.326 e. The minimum atomic E-state index is -0.744. The summed E-state index contributed by atoms with van der Waals surface area (Å²) < 4.78 is 0. The molecule has 4 amide bonds. The van der Waals surface area contributed by atoms with Gasteiger partial charge in [0, 0.05) is 35.8 Å². The number of nitrogens with one attached hydrogen (secondary N) is 2. The number of piperidine rings is 1. The first-order chi connectivity index (χ1) is 15.3. The number of hydrogen-bond acceptors (Lipinski definition) is 4. The lowest BCUT2D eigenvalue weighted by Crippen LogP contribution is -2.51. The Morgan fingerprint density at radius 1 is 1.19 bits per heavy atom. The molecule has 0 radical (unpaired) electrons. The van der Waals surface area contributed by atoms with E-state index >= 15 is 0 Å². The third kappa shape index (κ3) is 4.12. The molecule has 2 heterocycles. The number of carbonyl (C=O) groups excluding carboxylic acids is 4. The van der Waals surface area contributed by atoms with Gasteiger partial charge in [0.2, 0.25) is 23.6 Å². The third-order valence-corrected chi connectivity index (χ3v) is 6.63. The lowest BCUT2D eigenvalue weighted by molar-refractivity contribution is -0.138. The summed E-state index contributed by atoms with van der Waals surface area (Å²) in [5.41, 5.74) is 1.33. The summed E-state index contributed by atoms with van der Waals surface area (Å²) in [5, 5.41) is 5.84. The number of imide groups is 1. The van der Waals surface area contributed by atoms with Gasteiger partial charge in [0.25, 0.3) is 0 Å². The van der Waals surface area contributed by atoms with E-state index < -0.39 is 11.3 Å². The molecule has 7 nitrogen and oxygen atoms in total. The molecule has 2 aliphatic heterocycles. The summed E-state index contributed by atoms with van der Waals surface area (Å²) in [6.07, 6.45) is 1.46. The highest BCUT2D eigenvalue weighted by Crippen LogP contribution is 2.36. The Labute approximate surface area is 191 Å². The van der Waals surface area contributed by atoms with Gasteiger partial charge in [0.05, 0.1) is 11.3 Å². The van der Waals surface area contributed by atoms with Gasteiger partial charge in [0.15, 0.2) is 0 Å². The van der Waals surface area contributed by atoms with E-state index in [2.05, 4.69) is 10.6 Å². The highest BCUT2D eigenvalue weighted by atomic mass is 35.5. The fraction of sp³-hybridized carbons (Fsp3) is 0.333. The molecule has 2 N–H and O–H groups in total. The summed E-state index contributed by atoms with van der Waals surface area (Å²) in [4.78, 5) is 50.9. The summed E-state index contributed by atoms with van der Waals surface area (Å²) in [6.45, 7) is 2.21. The van der Waals surface area contributed by atoms with Crippen molar-refractivity contribution in [3.05, 3.63) is 59.1 Å². The average molecular weight is 454 g/mol. The predicted octanol–water partition coefficient (Wildman–Crippen LogP) is 3.42. The summed E-state index contributed by atoms with van der Waals surface area (Å²) in [5.74, 6) is -1.36. The van der Waals surface area contributed by atoms with Gasteiger partial charge in [-0.05, 0) is 48.7 Å². The Morgan fingerprint density at radius 2 is 1.94 bits per heavy atom. The average Bonchev–Trinajstić information content (AvgIpc) is 3.17. The summed E-state index contributed by atoms with van der Waals surface area (Å²) in [6, 6.07) is 14.1. The molecular formula is C24H24ClN3O4. The molecule has 2 fully saturated rings. The van der Waals surface area contributed by atoms with Gasteiger partial charge in [-0.15, -0.1) is 0 Å². The van der Waals surface area contributed by atoms with Crippen LogP contribution in [0.15, 0.2) is 48.5 Å². The number of carbonyl (C=O) groups is 4. The Bertz CT molecular complexity index is 1080. The van der Waals surface area contributed by atoms with Crippen molar-refractivity contribution in [2.75, 3.05) is 16.8 Å². The highest BCUT2D eigenvalue weighted by molar-refractivity contribution is 6.31.